The van der Waals surface area contributed by atoms with E-state index in [0.29, 0.717) is 12.8 Å². The van der Waals surface area contributed by atoms with Crippen LogP contribution in [0.2, 0.25) is 0 Å². The van der Waals surface area contributed by atoms with E-state index in [0.717, 1.165) is 12.8 Å². The number of rotatable bonds is 7. The second-order valence-corrected chi connectivity index (χ2v) is 4.44. The fourth-order valence-electron chi connectivity index (χ4n) is 2.09. The zero-order valence-electron chi connectivity index (χ0n) is 11.2. The molecule has 0 saturated heterocycles. The molecule has 0 amide bonds. The summed E-state index contributed by atoms with van der Waals surface area (Å²) in [4.78, 5) is 11.7. The Balaban J connectivity index is 5.51. The molecular formula is C14H16N4O. The Hall–Kier alpha value is -2.37. The van der Waals surface area contributed by atoms with Crippen LogP contribution in [0.25, 0.3) is 0 Å². The van der Waals surface area contributed by atoms with Crippen LogP contribution >= 0.6 is 0 Å². The van der Waals surface area contributed by atoms with Crippen LogP contribution in [0.1, 0.15) is 39.5 Å². The van der Waals surface area contributed by atoms with Crippen molar-refractivity contribution in [2.24, 2.45) is 17.3 Å². The maximum atomic E-state index is 11.7. The molecule has 0 aromatic heterocycles. The Morgan fingerprint density at radius 1 is 1.11 bits per heavy atom. The van der Waals surface area contributed by atoms with Crippen LogP contribution in [0.5, 0.6) is 0 Å². The van der Waals surface area contributed by atoms with E-state index in [4.69, 9.17) is 10.5 Å². The van der Waals surface area contributed by atoms with Gasteiger partial charge in [-0.05, 0) is 13.3 Å². The molecule has 0 saturated carbocycles. The topological polar surface area (TPSA) is 112 Å². The minimum Gasteiger partial charge on any atom is -0.300 e. The molecule has 0 heterocycles. The summed E-state index contributed by atoms with van der Waals surface area (Å²) in [5.74, 6) is -2.63. The van der Waals surface area contributed by atoms with Gasteiger partial charge in [0.1, 0.15) is 5.78 Å². The van der Waals surface area contributed by atoms with Crippen LogP contribution in [-0.4, -0.2) is 5.78 Å². The first kappa shape index (κ1) is 16.6. The lowest BCUT2D eigenvalue weighted by molar-refractivity contribution is -0.123. The monoisotopic (exact) mass is 256 g/mol. The number of unbranched alkanes of at least 4 members (excludes halogenated alkanes) is 2. The normalized spacial score (nSPS) is 11.7. The lowest BCUT2D eigenvalue weighted by atomic mass is 9.66. The molecule has 0 rings (SSSR count). The van der Waals surface area contributed by atoms with Gasteiger partial charge in [0.15, 0.2) is 11.3 Å². The maximum absolute atomic E-state index is 11.7. The number of nitrogens with zero attached hydrogens (tertiary/aromatic N) is 4. The first-order valence-corrected chi connectivity index (χ1v) is 6.16. The van der Waals surface area contributed by atoms with Gasteiger partial charge < -0.3 is 0 Å². The number of carbonyl (C=O) groups is 1. The number of hydrogen-bond donors (Lipinski definition) is 0. The summed E-state index contributed by atoms with van der Waals surface area (Å²) in [5, 5.41) is 36.4. The van der Waals surface area contributed by atoms with E-state index in [-0.39, 0.29) is 5.78 Å². The molecule has 1 unspecified atom stereocenters. The van der Waals surface area contributed by atoms with Crippen LogP contribution in [-0.2, 0) is 4.79 Å². The molecule has 0 N–H and O–H groups in total. The smallest absolute Gasteiger partial charge is 0.182 e. The molecule has 19 heavy (non-hydrogen) atoms. The zero-order chi connectivity index (χ0) is 14.9. The highest BCUT2D eigenvalue weighted by atomic mass is 16.1. The number of ketones is 1. The van der Waals surface area contributed by atoms with Gasteiger partial charge in [0, 0.05) is 0 Å². The van der Waals surface area contributed by atoms with Gasteiger partial charge in [-0.2, -0.15) is 21.0 Å². The molecule has 0 aromatic rings. The molecule has 0 fully saturated rings. The average Bonchev–Trinajstić information content (AvgIpc) is 2.41. The Morgan fingerprint density at radius 2 is 1.63 bits per heavy atom. The van der Waals surface area contributed by atoms with E-state index >= 15 is 0 Å². The highest BCUT2D eigenvalue weighted by molar-refractivity contribution is 5.80. The first-order chi connectivity index (χ1) is 9.03. The van der Waals surface area contributed by atoms with Crippen LogP contribution < -0.4 is 0 Å². The van der Waals surface area contributed by atoms with Crippen molar-refractivity contribution in [2.75, 3.05) is 0 Å². The highest BCUT2D eigenvalue weighted by Gasteiger charge is 2.49. The molecule has 0 aliphatic heterocycles. The summed E-state index contributed by atoms with van der Waals surface area (Å²) in [6.45, 7) is 3.30. The lowest BCUT2D eigenvalue weighted by Gasteiger charge is -2.27. The van der Waals surface area contributed by atoms with Gasteiger partial charge in [-0.25, -0.2) is 0 Å². The van der Waals surface area contributed by atoms with E-state index in [1.54, 1.807) is 24.3 Å². The molecule has 0 spiro atoms. The number of hydrogen-bond acceptors (Lipinski definition) is 5. The van der Waals surface area contributed by atoms with E-state index in [2.05, 4.69) is 0 Å². The lowest BCUT2D eigenvalue weighted by Crippen LogP contribution is -2.38. The van der Waals surface area contributed by atoms with Gasteiger partial charge in [-0.3, -0.25) is 4.79 Å². The van der Waals surface area contributed by atoms with Crippen molar-refractivity contribution < 1.29 is 4.79 Å². The van der Waals surface area contributed by atoms with Crippen molar-refractivity contribution in [3.8, 4) is 24.3 Å². The van der Waals surface area contributed by atoms with Gasteiger partial charge in [0.2, 0.25) is 0 Å². The fourth-order valence-corrected chi connectivity index (χ4v) is 2.09. The molecule has 98 valence electrons. The summed E-state index contributed by atoms with van der Waals surface area (Å²) < 4.78 is 0. The van der Waals surface area contributed by atoms with Crippen molar-refractivity contribution in [1.29, 1.82) is 21.0 Å². The minimum absolute atomic E-state index is 0.324. The summed E-state index contributed by atoms with van der Waals surface area (Å²) in [5.41, 5.74) is -1.87. The second-order valence-electron chi connectivity index (χ2n) is 4.44. The second kappa shape index (κ2) is 7.86. The Morgan fingerprint density at radius 3 is 1.95 bits per heavy atom. The predicted molar refractivity (Wildman–Crippen MR) is 66.7 cm³/mol. The molecule has 5 heteroatoms. The van der Waals surface area contributed by atoms with Gasteiger partial charge in [-0.1, -0.05) is 26.2 Å². The molecule has 0 aromatic carbocycles. The largest absolute Gasteiger partial charge is 0.300 e. The minimum atomic E-state index is -1.87. The molecule has 5 nitrogen and oxygen atoms in total. The van der Waals surface area contributed by atoms with Gasteiger partial charge >= 0.3 is 0 Å². The quantitative estimate of drug-likeness (QED) is 0.649. The number of carbonyl (C=O) groups excluding carboxylic acids is 1. The van der Waals surface area contributed by atoms with Crippen molar-refractivity contribution in [3.05, 3.63) is 0 Å². The third-order valence-electron chi connectivity index (χ3n) is 3.22. The number of nitriles is 4. The Labute approximate surface area is 113 Å². The van der Waals surface area contributed by atoms with Crippen molar-refractivity contribution in [3.63, 3.8) is 0 Å². The molecule has 0 bridgehead atoms. The van der Waals surface area contributed by atoms with Gasteiger partial charge in [-0.15, -0.1) is 0 Å². The molecule has 0 radical (unpaired) electrons. The first-order valence-electron chi connectivity index (χ1n) is 6.16. The van der Waals surface area contributed by atoms with Crippen LogP contribution in [0.4, 0.5) is 0 Å². The third kappa shape index (κ3) is 3.54. The van der Waals surface area contributed by atoms with Crippen molar-refractivity contribution in [1.82, 2.24) is 0 Å². The van der Waals surface area contributed by atoms with Crippen LogP contribution in [0, 0.1) is 62.6 Å². The van der Waals surface area contributed by atoms with Gasteiger partial charge in [0.05, 0.1) is 30.2 Å². The summed E-state index contributed by atoms with van der Waals surface area (Å²) >= 11 is 0. The highest BCUT2D eigenvalue weighted by Crippen LogP contribution is 2.38. The van der Waals surface area contributed by atoms with E-state index in [9.17, 15) is 15.3 Å². The van der Waals surface area contributed by atoms with E-state index in [1.165, 1.54) is 6.92 Å². The summed E-state index contributed by atoms with van der Waals surface area (Å²) in [6, 6.07) is 6.82. The van der Waals surface area contributed by atoms with Crippen LogP contribution in [0.15, 0.2) is 0 Å². The number of Topliss-reactive ketones (excluding diaryl/α,β-unsaturated/α-hetero) is 1. The molecule has 0 aliphatic rings. The maximum Gasteiger partial charge on any atom is 0.182 e. The van der Waals surface area contributed by atoms with Crippen molar-refractivity contribution >= 4 is 5.78 Å². The molecule has 0 aliphatic carbocycles. The standard InChI is InChI=1S/C14H16N4O/c1-3-4-5-6-13(11(2)19)14(9-17,10-18)12(7-15)8-16/h12-13H,3-6H2,1-2H3. The van der Waals surface area contributed by atoms with Crippen molar-refractivity contribution in [2.45, 2.75) is 39.5 Å². The summed E-state index contributed by atoms with van der Waals surface area (Å²) in [7, 11) is 0. The fraction of sp³-hybridized carbons (Fsp3) is 0.643. The summed E-state index contributed by atoms with van der Waals surface area (Å²) in [6.07, 6.45) is 2.86. The van der Waals surface area contributed by atoms with E-state index in [1.807, 2.05) is 6.92 Å². The molecular weight excluding hydrogens is 240 g/mol. The Bertz CT molecular complexity index is 456. The predicted octanol–water partition coefficient (Wildman–Crippen LogP) is 2.47. The van der Waals surface area contributed by atoms with Gasteiger partial charge in [0.25, 0.3) is 0 Å². The van der Waals surface area contributed by atoms with E-state index < -0.39 is 17.3 Å². The third-order valence-corrected chi connectivity index (χ3v) is 3.22. The SMILES string of the molecule is CCCCCC(C(C)=O)C(C#N)(C#N)C(C#N)C#N. The van der Waals surface area contributed by atoms with Crippen LogP contribution in [0.3, 0.4) is 0 Å². The average molecular weight is 256 g/mol. The molecule has 1 atom stereocenters. The Kier molecular flexibility index (Phi) is 6.88. The zero-order valence-corrected chi connectivity index (χ0v) is 11.2.